The fourth-order valence-corrected chi connectivity index (χ4v) is 1.47. The van der Waals surface area contributed by atoms with Gasteiger partial charge in [-0.1, -0.05) is 11.6 Å². The molecule has 1 aromatic carbocycles. The van der Waals surface area contributed by atoms with Gasteiger partial charge in [-0.25, -0.2) is 0 Å². The molecule has 0 saturated carbocycles. The molecule has 0 fully saturated rings. The van der Waals surface area contributed by atoms with Crippen LogP contribution in [0.1, 0.15) is 6.42 Å². The van der Waals surface area contributed by atoms with E-state index < -0.39 is 0 Å². The molecule has 0 atom stereocenters. The molecular formula is C10H12ClNOS. The van der Waals surface area contributed by atoms with Gasteiger partial charge in [0.05, 0.1) is 0 Å². The molecule has 0 saturated heterocycles. The highest BCUT2D eigenvalue weighted by Gasteiger charge is 2.00. The topological polar surface area (TPSA) is 29.1 Å². The summed E-state index contributed by atoms with van der Waals surface area (Å²) in [6.45, 7) is 0. The van der Waals surface area contributed by atoms with Gasteiger partial charge in [-0.2, -0.15) is 11.8 Å². The Morgan fingerprint density at radius 3 is 2.64 bits per heavy atom. The van der Waals surface area contributed by atoms with Crippen molar-refractivity contribution in [1.82, 2.24) is 0 Å². The maximum Gasteiger partial charge on any atom is 0.225 e. The van der Waals surface area contributed by atoms with Crippen molar-refractivity contribution in [2.75, 3.05) is 17.3 Å². The number of nitrogens with one attached hydrogen (secondary N) is 1. The van der Waals surface area contributed by atoms with Crippen molar-refractivity contribution < 1.29 is 4.79 Å². The Labute approximate surface area is 93.0 Å². The van der Waals surface area contributed by atoms with E-state index in [9.17, 15) is 4.79 Å². The summed E-state index contributed by atoms with van der Waals surface area (Å²) in [5.74, 6) is 0.890. The van der Waals surface area contributed by atoms with Crippen molar-refractivity contribution in [3.05, 3.63) is 29.3 Å². The molecule has 1 aromatic rings. The van der Waals surface area contributed by atoms with E-state index in [0.717, 1.165) is 11.4 Å². The van der Waals surface area contributed by atoms with Crippen LogP contribution in [0, 0.1) is 0 Å². The number of thioether (sulfide) groups is 1. The molecule has 0 aliphatic carbocycles. The molecule has 1 N–H and O–H groups in total. The monoisotopic (exact) mass is 229 g/mol. The number of hydrogen-bond donors (Lipinski definition) is 1. The van der Waals surface area contributed by atoms with Gasteiger partial charge in [0.25, 0.3) is 0 Å². The molecule has 0 unspecified atom stereocenters. The van der Waals surface area contributed by atoms with Crippen LogP contribution < -0.4 is 5.32 Å². The third-order valence-electron chi connectivity index (χ3n) is 1.66. The van der Waals surface area contributed by atoms with E-state index in [2.05, 4.69) is 5.32 Å². The lowest BCUT2D eigenvalue weighted by atomic mass is 10.3. The minimum absolute atomic E-state index is 0.0432. The van der Waals surface area contributed by atoms with Crippen LogP contribution >= 0.6 is 23.4 Å². The molecule has 0 radical (unpaired) electrons. The van der Waals surface area contributed by atoms with Gasteiger partial charge in [-0.15, -0.1) is 0 Å². The van der Waals surface area contributed by atoms with E-state index in [4.69, 9.17) is 11.6 Å². The highest BCUT2D eigenvalue weighted by molar-refractivity contribution is 7.98. The summed E-state index contributed by atoms with van der Waals surface area (Å²) in [6.07, 6.45) is 2.53. The van der Waals surface area contributed by atoms with Gasteiger partial charge >= 0.3 is 0 Å². The van der Waals surface area contributed by atoms with Crippen LogP contribution in [0.25, 0.3) is 0 Å². The number of carbonyl (C=O) groups excluding carboxylic acids is 1. The van der Waals surface area contributed by atoms with E-state index in [1.54, 1.807) is 36.0 Å². The molecule has 0 aromatic heterocycles. The van der Waals surface area contributed by atoms with Crippen LogP contribution in [0.2, 0.25) is 5.02 Å². The number of carbonyl (C=O) groups is 1. The quantitative estimate of drug-likeness (QED) is 0.860. The zero-order valence-electron chi connectivity index (χ0n) is 7.92. The molecular weight excluding hydrogens is 218 g/mol. The summed E-state index contributed by atoms with van der Waals surface area (Å²) in [7, 11) is 0. The third kappa shape index (κ3) is 4.03. The first-order valence-electron chi connectivity index (χ1n) is 4.26. The maximum atomic E-state index is 11.3. The molecule has 0 bridgehead atoms. The van der Waals surface area contributed by atoms with Crippen molar-refractivity contribution in [2.45, 2.75) is 6.42 Å². The molecule has 1 rings (SSSR count). The first-order chi connectivity index (χ1) is 6.72. The van der Waals surface area contributed by atoms with Gasteiger partial charge in [0.15, 0.2) is 0 Å². The van der Waals surface area contributed by atoms with E-state index >= 15 is 0 Å². The molecule has 14 heavy (non-hydrogen) atoms. The Morgan fingerprint density at radius 1 is 1.43 bits per heavy atom. The molecule has 2 nitrogen and oxygen atoms in total. The van der Waals surface area contributed by atoms with Gasteiger partial charge in [0.1, 0.15) is 0 Å². The lowest BCUT2D eigenvalue weighted by Gasteiger charge is -2.03. The van der Waals surface area contributed by atoms with Crippen molar-refractivity contribution in [3.8, 4) is 0 Å². The second kappa shape index (κ2) is 5.94. The predicted octanol–water partition coefficient (Wildman–Crippen LogP) is 3.03. The molecule has 4 heteroatoms. The summed E-state index contributed by atoms with van der Waals surface area (Å²) < 4.78 is 0. The van der Waals surface area contributed by atoms with Crippen molar-refractivity contribution >= 4 is 35.0 Å². The Kier molecular flexibility index (Phi) is 4.84. The molecule has 76 valence electrons. The lowest BCUT2D eigenvalue weighted by molar-refractivity contribution is -0.115. The first kappa shape index (κ1) is 11.4. The molecule has 0 aliphatic heterocycles. The summed E-state index contributed by atoms with van der Waals surface area (Å²) in [4.78, 5) is 11.3. The van der Waals surface area contributed by atoms with Gasteiger partial charge in [-0.05, 0) is 30.5 Å². The SMILES string of the molecule is CSCCC(=O)Nc1ccc(Cl)cc1. The number of anilines is 1. The van der Waals surface area contributed by atoms with E-state index in [1.165, 1.54) is 0 Å². The van der Waals surface area contributed by atoms with Crippen molar-refractivity contribution in [1.29, 1.82) is 0 Å². The zero-order valence-corrected chi connectivity index (χ0v) is 9.49. The number of halogens is 1. The van der Waals surface area contributed by atoms with Crippen LogP contribution in [0.15, 0.2) is 24.3 Å². The smallest absolute Gasteiger partial charge is 0.225 e. The number of hydrogen-bond acceptors (Lipinski definition) is 2. The third-order valence-corrected chi connectivity index (χ3v) is 2.53. The Bertz CT molecular complexity index is 299. The number of benzene rings is 1. The normalized spacial score (nSPS) is 9.86. The van der Waals surface area contributed by atoms with Crippen LogP contribution in [0.3, 0.4) is 0 Å². The fourth-order valence-electron chi connectivity index (χ4n) is 0.951. The Balaban J connectivity index is 2.44. The van der Waals surface area contributed by atoms with Crippen LogP contribution in [0.4, 0.5) is 5.69 Å². The van der Waals surface area contributed by atoms with Crippen LogP contribution in [-0.4, -0.2) is 17.9 Å². The average Bonchev–Trinajstić information content (AvgIpc) is 2.18. The molecule has 1 amide bonds. The second-order valence-corrected chi connectivity index (χ2v) is 4.22. The molecule has 0 heterocycles. The highest BCUT2D eigenvalue weighted by Crippen LogP contribution is 2.13. The number of rotatable bonds is 4. The fraction of sp³-hybridized carbons (Fsp3) is 0.300. The average molecular weight is 230 g/mol. The first-order valence-corrected chi connectivity index (χ1v) is 6.04. The summed E-state index contributed by atoms with van der Waals surface area (Å²) in [5.41, 5.74) is 0.792. The van der Waals surface area contributed by atoms with Gasteiger partial charge < -0.3 is 5.32 Å². The van der Waals surface area contributed by atoms with E-state index in [0.29, 0.717) is 11.4 Å². The standard InChI is InChI=1S/C10H12ClNOS/c1-14-7-6-10(13)12-9-4-2-8(11)3-5-9/h2-5H,6-7H2,1H3,(H,12,13). The largest absolute Gasteiger partial charge is 0.326 e. The number of amides is 1. The van der Waals surface area contributed by atoms with Crippen LogP contribution in [0.5, 0.6) is 0 Å². The molecule has 0 spiro atoms. The summed E-state index contributed by atoms with van der Waals surface area (Å²) in [5, 5.41) is 3.47. The maximum absolute atomic E-state index is 11.3. The zero-order chi connectivity index (χ0) is 10.4. The summed E-state index contributed by atoms with van der Waals surface area (Å²) in [6, 6.07) is 7.09. The summed E-state index contributed by atoms with van der Waals surface area (Å²) >= 11 is 7.38. The van der Waals surface area contributed by atoms with Crippen molar-refractivity contribution in [2.24, 2.45) is 0 Å². The van der Waals surface area contributed by atoms with Crippen LogP contribution in [-0.2, 0) is 4.79 Å². The second-order valence-electron chi connectivity index (χ2n) is 2.80. The Hall–Kier alpha value is -0.670. The highest BCUT2D eigenvalue weighted by atomic mass is 35.5. The predicted molar refractivity (Wildman–Crippen MR) is 63.1 cm³/mol. The minimum atomic E-state index is 0.0432. The minimum Gasteiger partial charge on any atom is -0.326 e. The van der Waals surface area contributed by atoms with Gasteiger partial charge in [0.2, 0.25) is 5.91 Å². The van der Waals surface area contributed by atoms with E-state index in [-0.39, 0.29) is 5.91 Å². The lowest BCUT2D eigenvalue weighted by Crippen LogP contribution is -2.11. The van der Waals surface area contributed by atoms with Crippen molar-refractivity contribution in [3.63, 3.8) is 0 Å². The molecule has 0 aliphatic rings. The van der Waals surface area contributed by atoms with E-state index in [1.807, 2.05) is 6.26 Å². The van der Waals surface area contributed by atoms with Gasteiger partial charge in [-0.3, -0.25) is 4.79 Å². The van der Waals surface area contributed by atoms with Gasteiger partial charge in [0, 0.05) is 22.9 Å². The Morgan fingerprint density at radius 2 is 2.07 bits per heavy atom.